The summed E-state index contributed by atoms with van der Waals surface area (Å²) in [4.78, 5) is 24.2. The number of carbonyl (C=O) groups is 2. The van der Waals surface area contributed by atoms with Crippen LogP contribution in [0.15, 0.2) is 47.6 Å². The second kappa shape index (κ2) is 8.19. The second-order valence-electron chi connectivity index (χ2n) is 7.29. The van der Waals surface area contributed by atoms with E-state index in [1.807, 2.05) is 32.9 Å². The van der Waals surface area contributed by atoms with Crippen molar-refractivity contribution in [2.45, 2.75) is 58.1 Å². The van der Waals surface area contributed by atoms with Crippen molar-refractivity contribution in [3.63, 3.8) is 0 Å². The van der Waals surface area contributed by atoms with Crippen molar-refractivity contribution in [2.75, 3.05) is 6.61 Å². The molecule has 0 aliphatic heterocycles. The van der Waals surface area contributed by atoms with Gasteiger partial charge in [-0.1, -0.05) is 17.7 Å². The molecule has 5 nitrogen and oxygen atoms in total. The molecule has 25 heavy (non-hydrogen) atoms. The highest BCUT2D eigenvalue weighted by molar-refractivity contribution is 5.92. The number of amides is 1. The van der Waals surface area contributed by atoms with Crippen LogP contribution in [0, 0.1) is 0 Å². The molecule has 136 valence electrons. The van der Waals surface area contributed by atoms with E-state index in [1.54, 1.807) is 12.2 Å². The molecule has 5 heteroatoms. The van der Waals surface area contributed by atoms with Gasteiger partial charge in [0.25, 0.3) is 0 Å². The first-order valence-electron chi connectivity index (χ1n) is 8.66. The van der Waals surface area contributed by atoms with Crippen molar-refractivity contribution >= 4 is 12.1 Å². The Balaban J connectivity index is 2.04. The number of rotatable bonds is 5. The van der Waals surface area contributed by atoms with E-state index in [-0.39, 0.29) is 12.0 Å². The maximum Gasteiger partial charge on any atom is 0.408 e. The summed E-state index contributed by atoms with van der Waals surface area (Å²) in [6, 6.07) is -0.0700. The van der Waals surface area contributed by atoms with Gasteiger partial charge in [0.15, 0.2) is 0 Å². The number of hydrogen-bond donors (Lipinski definition) is 1. The number of nitrogens with one attached hydrogen (secondary N) is 1. The van der Waals surface area contributed by atoms with E-state index in [2.05, 4.69) is 11.9 Å². The highest BCUT2D eigenvalue weighted by Gasteiger charge is 2.27. The number of allylic oxidation sites excluding steroid dienone is 3. The molecular weight excluding hydrogens is 318 g/mol. The van der Waals surface area contributed by atoms with Crippen LogP contribution in [0.4, 0.5) is 4.79 Å². The van der Waals surface area contributed by atoms with Gasteiger partial charge in [0.05, 0.1) is 18.2 Å². The van der Waals surface area contributed by atoms with Gasteiger partial charge in [0.2, 0.25) is 0 Å². The minimum absolute atomic E-state index is 0.0700. The van der Waals surface area contributed by atoms with E-state index in [0.717, 1.165) is 24.8 Å². The molecule has 0 aromatic rings. The predicted molar refractivity (Wildman–Crippen MR) is 97.0 cm³/mol. The average molecular weight is 345 g/mol. The van der Waals surface area contributed by atoms with Gasteiger partial charge < -0.3 is 14.8 Å². The number of alkyl carbamates (subject to hydrolysis) is 1. The van der Waals surface area contributed by atoms with Crippen LogP contribution in [-0.4, -0.2) is 30.3 Å². The molecule has 1 amide bonds. The van der Waals surface area contributed by atoms with Crippen LogP contribution >= 0.6 is 0 Å². The molecule has 0 radical (unpaired) electrons. The molecule has 0 unspecified atom stereocenters. The summed E-state index contributed by atoms with van der Waals surface area (Å²) in [5.74, 6) is -0.324. The molecule has 1 N–H and O–H groups in total. The van der Waals surface area contributed by atoms with E-state index in [1.165, 1.54) is 5.57 Å². The quantitative estimate of drug-likeness (QED) is 0.465. The summed E-state index contributed by atoms with van der Waals surface area (Å²) >= 11 is 0. The molecule has 2 aliphatic rings. The molecule has 2 rings (SSSR count). The average Bonchev–Trinajstić information content (AvgIpc) is 2.68. The molecule has 0 heterocycles. The third kappa shape index (κ3) is 5.93. The zero-order valence-corrected chi connectivity index (χ0v) is 15.3. The van der Waals surface area contributed by atoms with Gasteiger partial charge in [-0.05, 0) is 64.2 Å². The molecule has 0 saturated heterocycles. The Labute approximate surface area is 149 Å². The molecule has 0 spiro atoms. The molecule has 2 aliphatic carbocycles. The number of hydrogen-bond acceptors (Lipinski definition) is 4. The Morgan fingerprint density at radius 2 is 2.12 bits per heavy atom. The lowest BCUT2D eigenvalue weighted by Crippen LogP contribution is -2.41. The highest BCUT2D eigenvalue weighted by atomic mass is 16.6. The Morgan fingerprint density at radius 1 is 1.36 bits per heavy atom. The van der Waals surface area contributed by atoms with Gasteiger partial charge in [-0.15, -0.1) is 6.58 Å². The van der Waals surface area contributed by atoms with E-state index in [0.29, 0.717) is 18.6 Å². The van der Waals surface area contributed by atoms with E-state index in [4.69, 9.17) is 9.47 Å². The maximum atomic E-state index is 12.1. The Hall–Kier alpha value is -2.30. The lowest BCUT2D eigenvalue weighted by Gasteiger charge is -2.29. The Morgan fingerprint density at radius 3 is 2.80 bits per heavy atom. The minimum Gasteiger partial charge on any atom is -0.462 e. The Bertz CT molecular complexity index is 635. The van der Waals surface area contributed by atoms with E-state index in [9.17, 15) is 9.59 Å². The van der Waals surface area contributed by atoms with Gasteiger partial charge in [-0.2, -0.15) is 0 Å². The molecular formula is C20H27NO4. The fourth-order valence-electron chi connectivity index (χ4n) is 2.81. The van der Waals surface area contributed by atoms with Gasteiger partial charge >= 0.3 is 12.1 Å². The van der Waals surface area contributed by atoms with E-state index < -0.39 is 11.7 Å². The molecule has 2 bridgehead atoms. The lowest BCUT2D eigenvalue weighted by molar-refractivity contribution is -0.138. The van der Waals surface area contributed by atoms with Crippen molar-refractivity contribution in [1.29, 1.82) is 0 Å². The monoisotopic (exact) mass is 345 g/mol. The second-order valence-corrected chi connectivity index (χ2v) is 7.29. The standard InChI is InChI=1S/C20H27NO4/c1-5-6-11-24-18(22)16-9-8-15-12-14(13-16)7-10-17(15)21-19(23)25-20(2,3)4/h5,8-9,13,17H,1,6-7,10-12H2,2-4H3,(H,21,23)/t17-/m0/s1. The smallest absolute Gasteiger partial charge is 0.408 e. The number of esters is 1. The van der Waals surface area contributed by atoms with Gasteiger partial charge in [0.1, 0.15) is 5.60 Å². The summed E-state index contributed by atoms with van der Waals surface area (Å²) < 4.78 is 10.6. The summed E-state index contributed by atoms with van der Waals surface area (Å²) in [7, 11) is 0. The van der Waals surface area contributed by atoms with Crippen molar-refractivity contribution < 1.29 is 19.1 Å². The lowest BCUT2D eigenvalue weighted by atomic mass is 9.86. The first-order chi connectivity index (χ1) is 11.8. The third-order valence-corrected chi connectivity index (χ3v) is 3.95. The van der Waals surface area contributed by atoms with Crippen molar-refractivity contribution in [3.05, 3.63) is 47.6 Å². The number of fused-ring (bicyclic) bond motifs is 2. The number of ether oxygens (including phenoxy) is 2. The fourth-order valence-corrected chi connectivity index (χ4v) is 2.81. The van der Waals surface area contributed by atoms with Gasteiger partial charge in [0, 0.05) is 0 Å². The topological polar surface area (TPSA) is 64.6 Å². The molecule has 0 aromatic heterocycles. The fraction of sp³-hybridized carbons (Fsp3) is 0.500. The van der Waals surface area contributed by atoms with Gasteiger partial charge in [-0.3, -0.25) is 0 Å². The largest absolute Gasteiger partial charge is 0.462 e. The first-order valence-corrected chi connectivity index (χ1v) is 8.66. The molecule has 1 fully saturated rings. The predicted octanol–water partition coefficient (Wildman–Crippen LogP) is 3.98. The third-order valence-electron chi connectivity index (χ3n) is 3.95. The number of carbonyl (C=O) groups excluding carboxylic acids is 2. The first kappa shape index (κ1) is 19.0. The van der Waals surface area contributed by atoms with Crippen molar-refractivity contribution in [2.24, 2.45) is 0 Å². The van der Waals surface area contributed by atoms with Crippen molar-refractivity contribution in [1.82, 2.24) is 5.32 Å². The summed E-state index contributed by atoms with van der Waals surface area (Å²) in [6.45, 7) is 9.46. The van der Waals surface area contributed by atoms with Crippen LogP contribution < -0.4 is 5.32 Å². The van der Waals surface area contributed by atoms with Crippen molar-refractivity contribution in [3.8, 4) is 0 Å². The minimum atomic E-state index is -0.524. The van der Waals surface area contributed by atoms with Crippen LogP contribution in [0.1, 0.15) is 46.5 Å². The summed E-state index contributed by atoms with van der Waals surface area (Å²) in [6.07, 6.45) is 9.90. The molecule has 1 atom stereocenters. The SMILES string of the molecule is C=CCCOC(=O)C1=CC=C2CC(=C1)CC[C@@H]2NC(=O)OC(C)(C)C. The van der Waals surface area contributed by atoms with Crippen LogP contribution in [-0.2, 0) is 14.3 Å². The Kier molecular flexibility index (Phi) is 6.23. The van der Waals surface area contributed by atoms with Crippen LogP contribution in [0.25, 0.3) is 0 Å². The van der Waals surface area contributed by atoms with Gasteiger partial charge in [-0.25, -0.2) is 9.59 Å². The zero-order valence-electron chi connectivity index (χ0n) is 15.3. The molecule has 1 saturated carbocycles. The maximum absolute atomic E-state index is 12.1. The van der Waals surface area contributed by atoms with E-state index >= 15 is 0 Å². The summed E-state index contributed by atoms with van der Waals surface area (Å²) in [5.41, 5.74) is 2.28. The van der Waals surface area contributed by atoms with Crippen LogP contribution in [0.5, 0.6) is 0 Å². The highest BCUT2D eigenvalue weighted by Crippen LogP contribution is 2.32. The molecule has 0 aromatic carbocycles. The summed E-state index contributed by atoms with van der Waals surface area (Å²) in [5, 5.41) is 2.93. The van der Waals surface area contributed by atoms with Crippen LogP contribution in [0.3, 0.4) is 0 Å². The zero-order chi connectivity index (χ0) is 18.4. The normalized spacial score (nSPS) is 19.6. The van der Waals surface area contributed by atoms with Crippen LogP contribution in [0.2, 0.25) is 0 Å².